The van der Waals surface area contributed by atoms with Crippen LogP contribution in [0.3, 0.4) is 0 Å². The number of aromatic nitrogens is 1. The average molecular weight is 333 g/mol. The minimum atomic E-state index is -0.323. The third-order valence-electron chi connectivity index (χ3n) is 5.05. The Morgan fingerprint density at radius 1 is 1.32 bits per heavy atom. The molecule has 1 saturated heterocycles. The van der Waals surface area contributed by atoms with Crippen LogP contribution in [-0.2, 0) is 11.2 Å². The Balaban J connectivity index is 1.69. The van der Waals surface area contributed by atoms with Crippen LogP contribution in [0.15, 0.2) is 36.5 Å². The molecule has 1 amide bonds. The molecule has 4 rings (SSSR count). The van der Waals surface area contributed by atoms with Crippen molar-refractivity contribution in [1.82, 2.24) is 9.88 Å². The Labute approximate surface area is 146 Å². The molecule has 0 aliphatic carbocycles. The molecule has 6 heteroatoms. The summed E-state index contributed by atoms with van der Waals surface area (Å²) in [6, 6.07) is 9.47. The molecule has 1 aromatic heterocycles. The van der Waals surface area contributed by atoms with E-state index in [4.69, 9.17) is 5.73 Å². The number of fused-ring (bicyclic) bond motifs is 1. The molecule has 1 fully saturated rings. The van der Waals surface area contributed by atoms with Gasteiger partial charge in [0.05, 0.1) is 0 Å². The van der Waals surface area contributed by atoms with Gasteiger partial charge in [0, 0.05) is 25.0 Å². The van der Waals surface area contributed by atoms with E-state index < -0.39 is 0 Å². The zero-order chi connectivity index (χ0) is 17.4. The van der Waals surface area contributed by atoms with Crippen molar-refractivity contribution in [3.05, 3.63) is 42.1 Å². The van der Waals surface area contributed by atoms with Gasteiger partial charge in [-0.2, -0.15) is 5.26 Å². The van der Waals surface area contributed by atoms with Crippen molar-refractivity contribution in [2.45, 2.75) is 25.3 Å². The molecule has 0 radical (unpaired) electrons. The first-order valence-corrected chi connectivity index (χ1v) is 8.50. The number of nitrogens with two attached hydrogens (primary N) is 1. The average Bonchev–Trinajstić information content (AvgIpc) is 3.27. The van der Waals surface area contributed by atoms with Gasteiger partial charge in [0.15, 0.2) is 6.19 Å². The summed E-state index contributed by atoms with van der Waals surface area (Å²) in [5.74, 6) is 0.515. The molecule has 126 valence electrons. The van der Waals surface area contributed by atoms with Crippen LogP contribution in [0.4, 0.5) is 11.5 Å². The number of pyridine rings is 1. The van der Waals surface area contributed by atoms with Crippen molar-refractivity contribution in [2.24, 2.45) is 0 Å². The first-order chi connectivity index (χ1) is 12.2. The Kier molecular flexibility index (Phi) is 3.77. The van der Waals surface area contributed by atoms with Crippen molar-refractivity contribution in [3.8, 4) is 17.3 Å². The van der Waals surface area contributed by atoms with Crippen molar-refractivity contribution in [1.29, 1.82) is 5.26 Å². The smallest absolute Gasteiger partial charge is 0.250 e. The van der Waals surface area contributed by atoms with E-state index >= 15 is 0 Å². The van der Waals surface area contributed by atoms with Gasteiger partial charge in [0.25, 0.3) is 0 Å². The molecular weight excluding hydrogens is 314 g/mol. The first-order valence-electron chi connectivity index (χ1n) is 8.50. The number of hydrogen-bond donors (Lipinski definition) is 1. The maximum absolute atomic E-state index is 13.0. The van der Waals surface area contributed by atoms with Crippen LogP contribution in [0.5, 0.6) is 0 Å². The van der Waals surface area contributed by atoms with Crippen molar-refractivity contribution in [3.63, 3.8) is 0 Å². The molecule has 1 aromatic carbocycles. The molecule has 1 unspecified atom stereocenters. The van der Waals surface area contributed by atoms with Crippen molar-refractivity contribution < 1.29 is 4.79 Å². The molecular formula is C19H19N5O. The lowest BCUT2D eigenvalue weighted by Crippen LogP contribution is -2.43. The van der Waals surface area contributed by atoms with Gasteiger partial charge in [0.1, 0.15) is 11.9 Å². The van der Waals surface area contributed by atoms with Gasteiger partial charge >= 0.3 is 0 Å². The number of anilines is 2. The number of nitrogens with zero attached hydrogens (tertiary/aromatic N) is 4. The zero-order valence-corrected chi connectivity index (χ0v) is 13.9. The number of nitrogen functional groups attached to an aromatic ring is 1. The molecule has 0 saturated carbocycles. The highest BCUT2D eigenvalue weighted by molar-refractivity contribution is 6.00. The second-order valence-electron chi connectivity index (χ2n) is 6.46. The highest BCUT2D eigenvalue weighted by Gasteiger charge is 2.36. The summed E-state index contributed by atoms with van der Waals surface area (Å²) in [6.45, 7) is 1.32. The number of hydrogen-bond acceptors (Lipinski definition) is 5. The normalized spacial score (nSPS) is 18.9. The van der Waals surface area contributed by atoms with E-state index in [0.717, 1.165) is 41.6 Å². The summed E-state index contributed by atoms with van der Waals surface area (Å²) in [7, 11) is 0. The van der Waals surface area contributed by atoms with Crippen LogP contribution < -0.4 is 10.6 Å². The summed E-state index contributed by atoms with van der Waals surface area (Å²) in [5.41, 5.74) is 10.0. The van der Waals surface area contributed by atoms with E-state index in [1.165, 1.54) is 0 Å². The van der Waals surface area contributed by atoms with Gasteiger partial charge in [-0.05, 0) is 54.2 Å². The molecule has 3 heterocycles. The van der Waals surface area contributed by atoms with Gasteiger partial charge in [-0.15, -0.1) is 0 Å². The number of likely N-dealkylation sites (tertiary alicyclic amines) is 1. The van der Waals surface area contributed by atoms with Crippen LogP contribution >= 0.6 is 0 Å². The highest BCUT2D eigenvalue weighted by atomic mass is 16.2. The molecule has 0 bridgehead atoms. The van der Waals surface area contributed by atoms with Crippen LogP contribution in [0.1, 0.15) is 18.4 Å². The summed E-state index contributed by atoms with van der Waals surface area (Å²) in [6.07, 6.45) is 6.29. The maximum atomic E-state index is 13.0. The summed E-state index contributed by atoms with van der Waals surface area (Å²) < 4.78 is 0. The predicted octanol–water partition coefficient (Wildman–Crippen LogP) is 2.17. The second-order valence-corrected chi connectivity index (χ2v) is 6.46. The Morgan fingerprint density at radius 3 is 3.00 bits per heavy atom. The lowest BCUT2D eigenvalue weighted by Gasteiger charge is -2.25. The number of carbonyl (C=O) groups excluding carboxylic acids is 1. The van der Waals surface area contributed by atoms with Crippen LogP contribution in [0.25, 0.3) is 11.1 Å². The first kappa shape index (κ1) is 15.5. The summed E-state index contributed by atoms with van der Waals surface area (Å²) in [4.78, 5) is 20.5. The minimum absolute atomic E-state index is 0.0317. The van der Waals surface area contributed by atoms with E-state index in [1.807, 2.05) is 29.2 Å². The van der Waals surface area contributed by atoms with E-state index in [1.54, 1.807) is 11.1 Å². The van der Waals surface area contributed by atoms with E-state index in [0.29, 0.717) is 18.9 Å². The zero-order valence-electron chi connectivity index (χ0n) is 13.9. The van der Waals surface area contributed by atoms with Crippen LogP contribution in [0, 0.1) is 11.5 Å². The largest absolute Gasteiger partial charge is 0.384 e. The lowest BCUT2D eigenvalue weighted by atomic mass is 9.98. The fraction of sp³-hybridized carbons (Fsp3) is 0.316. The molecule has 25 heavy (non-hydrogen) atoms. The Hall–Kier alpha value is -3.07. The lowest BCUT2D eigenvalue weighted by molar-refractivity contribution is -0.121. The molecule has 2 N–H and O–H groups in total. The summed E-state index contributed by atoms with van der Waals surface area (Å²) >= 11 is 0. The predicted molar refractivity (Wildman–Crippen MR) is 95.5 cm³/mol. The fourth-order valence-corrected chi connectivity index (χ4v) is 3.87. The molecule has 2 aliphatic rings. The second kappa shape index (κ2) is 6.10. The quantitative estimate of drug-likeness (QED) is 0.851. The number of rotatable bonds is 2. The fourth-order valence-electron chi connectivity index (χ4n) is 3.87. The maximum Gasteiger partial charge on any atom is 0.250 e. The minimum Gasteiger partial charge on any atom is -0.384 e. The monoisotopic (exact) mass is 333 g/mol. The summed E-state index contributed by atoms with van der Waals surface area (Å²) in [5, 5.41) is 9.23. The number of benzene rings is 1. The third kappa shape index (κ3) is 2.58. The Bertz CT molecular complexity index is 872. The van der Waals surface area contributed by atoms with Crippen LogP contribution in [0.2, 0.25) is 0 Å². The van der Waals surface area contributed by atoms with Gasteiger partial charge in [0.2, 0.25) is 5.91 Å². The van der Waals surface area contributed by atoms with Crippen molar-refractivity contribution >= 4 is 17.4 Å². The van der Waals surface area contributed by atoms with Gasteiger partial charge in [-0.1, -0.05) is 12.1 Å². The van der Waals surface area contributed by atoms with E-state index in [-0.39, 0.29) is 11.9 Å². The van der Waals surface area contributed by atoms with E-state index in [2.05, 4.69) is 17.2 Å². The standard InChI is InChI=1S/C19H19N5O/c20-12-23-9-2-5-17(23)19(25)24-10-7-15-14(3-1-4-16(15)24)13-6-8-22-18(21)11-13/h1,3-4,6,8,11,17H,2,5,7,9-10H2,(H2,21,22). The molecule has 2 aliphatic heterocycles. The van der Waals surface area contributed by atoms with Gasteiger partial charge in [-0.25, -0.2) is 4.98 Å². The van der Waals surface area contributed by atoms with Gasteiger partial charge < -0.3 is 10.6 Å². The molecule has 0 spiro atoms. The molecule has 2 aromatic rings. The number of nitriles is 1. The van der Waals surface area contributed by atoms with E-state index in [9.17, 15) is 10.1 Å². The topological polar surface area (TPSA) is 86.2 Å². The van der Waals surface area contributed by atoms with Crippen molar-refractivity contribution in [2.75, 3.05) is 23.7 Å². The number of amides is 1. The third-order valence-corrected chi connectivity index (χ3v) is 5.05. The SMILES string of the molecule is N#CN1CCCC1C(=O)N1CCc2c(-c3ccnc(N)c3)cccc21. The number of carbonyl (C=O) groups is 1. The highest BCUT2D eigenvalue weighted by Crippen LogP contribution is 2.37. The van der Waals surface area contributed by atoms with Gasteiger partial charge in [-0.3, -0.25) is 9.69 Å². The molecule has 1 atom stereocenters. The molecule has 6 nitrogen and oxygen atoms in total. The van der Waals surface area contributed by atoms with Crippen LogP contribution in [-0.4, -0.2) is 34.9 Å². The Morgan fingerprint density at radius 2 is 2.20 bits per heavy atom.